The number of amides is 1. The van der Waals surface area contributed by atoms with E-state index in [-0.39, 0.29) is 12.5 Å². The first-order valence-corrected chi connectivity index (χ1v) is 11.8. The van der Waals surface area contributed by atoms with Crippen molar-refractivity contribution in [2.24, 2.45) is 11.8 Å². The number of alkyl halides is 3. The van der Waals surface area contributed by atoms with Crippen LogP contribution in [0.15, 0.2) is 36.5 Å². The molecule has 1 amide bonds. The van der Waals surface area contributed by atoms with Crippen LogP contribution in [0, 0.1) is 11.8 Å². The number of piperidine rings is 1. The van der Waals surface area contributed by atoms with Crippen LogP contribution in [0.5, 0.6) is 0 Å². The number of methoxy groups -OCH3 is 1. The number of hydrogen-bond donors (Lipinski definition) is 0. The molecule has 1 aliphatic carbocycles. The fourth-order valence-electron chi connectivity index (χ4n) is 5.30. The predicted molar refractivity (Wildman–Crippen MR) is 119 cm³/mol. The molecule has 2 aliphatic rings. The molecule has 2 heterocycles. The van der Waals surface area contributed by atoms with Gasteiger partial charge < -0.3 is 9.64 Å². The van der Waals surface area contributed by atoms with Crippen LogP contribution in [0.3, 0.4) is 0 Å². The lowest BCUT2D eigenvalue weighted by atomic mass is 9.75. The second-order valence-electron chi connectivity index (χ2n) is 9.33. The van der Waals surface area contributed by atoms with Gasteiger partial charge in [0.1, 0.15) is 6.04 Å². The first kappa shape index (κ1) is 24.3. The third-order valence-electron chi connectivity index (χ3n) is 7.15. The zero-order valence-corrected chi connectivity index (χ0v) is 19.3. The maximum Gasteiger partial charge on any atom is 0.435 e. The summed E-state index contributed by atoms with van der Waals surface area (Å²) in [5.74, 6) is 0.347. The third-order valence-corrected chi connectivity index (χ3v) is 7.15. The van der Waals surface area contributed by atoms with Gasteiger partial charge in [-0.2, -0.15) is 18.3 Å². The number of esters is 1. The molecule has 1 aromatic heterocycles. The summed E-state index contributed by atoms with van der Waals surface area (Å²) in [6, 6.07) is 7.07. The molecular weight excluding hydrogens is 447 g/mol. The number of carbonyl (C=O) groups is 2. The van der Waals surface area contributed by atoms with Gasteiger partial charge in [-0.3, -0.25) is 9.48 Å². The summed E-state index contributed by atoms with van der Waals surface area (Å²) >= 11 is 0. The first-order chi connectivity index (χ1) is 16.3. The molecule has 0 spiro atoms. The average Bonchev–Trinajstić information content (AvgIpc) is 3.33. The van der Waals surface area contributed by atoms with Crippen LogP contribution >= 0.6 is 0 Å². The lowest BCUT2D eigenvalue weighted by Crippen LogP contribution is -2.52. The Morgan fingerprint density at radius 1 is 1.00 bits per heavy atom. The molecule has 2 aromatic rings. The Balaban J connectivity index is 1.47. The van der Waals surface area contributed by atoms with E-state index in [1.807, 2.05) is 0 Å². The van der Waals surface area contributed by atoms with Crippen LogP contribution in [-0.2, 0) is 22.3 Å². The zero-order chi connectivity index (χ0) is 24.3. The smallest absolute Gasteiger partial charge is 0.435 e. The number of halogens is 3. The van der Waals surface area contributed by atoms with Crippen molar-refractivity contribution >= 4 is 11.9 Å². The van der Waals surface area contributed by atoms with E-state index in [9.17, 15) is 22.8 Å². The molecule has 1 aromatic carbocycles. The highest BCUT2D eigenvalue weighted by Crippen LogP contribution is 2.37. The monoisotopic (exact) mass is 477 g/mol. The Labute approximate surface area is 197 Å². The lowest BCUT2D eigenvalue weighted by Gasteiger charge is -2.42. The molecule has 184 valence electrons. The molecule has 0 radical (unpaired) electrons. The summed E-state index contributed by atoms with van der Waals surface area (Å²) < 4.78 is 44.5. The number of carbonyl (C=O) groups excluding carboxylic acids is 2. The third kappa shape index (κ3) is 5.45. The molecule has 2 atom stereocenters. The topological polar surface area (TPSA) is 64.4 Å². The molecule has 4 rings (SSSR count). The van der Waals surface area contributed by atoms with Crippen molar-refractivity contribution in [2.75, 3.05) is 13.7 Å². The van der Waals surface area contributed by atoms with Crippen molar-refractivity contribution in [1.82, 2.24) is 14.7 Å². The van der Waals surface area contributed by atoms with E-state index in [0.29, 0.717) is 30.4 Å². The van der Waals surface area contributed by atoms with Gasteiger partial charge in [0.05, 0.1) is 13.7 Å². The Kier molecular flexibility index (Phi) is 7.28. The van der Waals surface area contributed by atoms with Gasteiger partial charge in [-0.05, 0) is 48.4 Å². The summed E-state index contributed by atoms with van der Waals surface area (Å²) in [5.41, 5.74) is 0.223. The maximum absolute atomic E-state index is 13.4. The zero-order valence-electron chi connectivity index (χ0n) is 19.3. The van der Waals surface area contributed by atoms with Gasteiger partial charge in [-0.1, -0.05) is 44.2 Å². The average molecular weight is 478 g/mol. The molecule has 0 N–H and O–H groups in total. The second kappa shape index (κ2) is 10.2. The SMILES string of the molecule is COC(=O)C1CCC(C2CCCCC2)CN1C(=O)c1ccc(Cn2ccc(C(F)(F)F)n2)cc1. The van der Waals surface area contributed by atoms with Gasteiger partial charge in [0.25, 0.3) is 5.91 Å². The van der Waals surface area contributed by atoms with E-state index >= 15 is 0 Å². The minimum Gasteiger partial charge on any atom is -0.467 e. The van der Waals surface area contributed by atoms with Crippen molar-refractivity contribution < 1.29 is 27.5 Å². The summed E-state index contributed by atoms with van der Waals surface area (Å²) in [6.07, 6.45) is 4.36. The van der Waals surface area contributed by atoms with Gasteiger partial charge in [0.15, 0.2) is 5.69 Å². The fourth-order valence-corrected chi connectivity index (χ4v) is 5.30. The number of nitrogens with zero attached hydrogens (tertiary/aromatic N) is 3. The molecular formula is C25H30F3N3O3. The Hall–Kier alpha value is -2.84. The summed E-state index contributed by atoms with van der Waals surface area (Å²) in [7, 11) is 1.34. The summed E-state index contributed by atoms with van der Waals surface area (Å²) in [5, 5.41) is 3.56. The van der Waals surface area contributed by atoms with Crippen molar-refractivity contribution in [2.45, 2.75) is 63.7 Å². The van der Waals surface area contributed by atoms with Gasteiger partial charge in [0.2, 0.25) is 0 Å². The number of hydrogen-bond acceptors (Lipinski definition) is 4. The molecule has 1 aliphatic heterocycles. The van der Waals surface area contributed by atoms with E-state index in [2.05, 4.69) is 5.10 Å². The Bertz CT molecular complexity index is 997. The van der Waals surface area contributed by atoms with Crippen LogP contribution in [0.25, 0.3) is 0 Å². The molecule has 6 nitrogen and oxygen atoms in total. The lowest BCUT2D eigenvalue weighted by molar-refractivity contribution is -0.148. The van der Waals surface area contributed by atoms with Gasteiger partial charge in [0, 0.05) is 18.3 Å². The molecule has 1 saturated heterocycles. The van der Waals surface area contributed by atoms with Gasteiger partial charge in [-0.25, -0.2) is 4.79 Å². The van der Waals surface area contributed by atoms with Crippen LogP contribution in [-0.4, -0.2) is 46.3 Å². The highest BCUT2D eigenvalue weighted by molar-refractivity contribution is 5.97. The van der Waals surface area contributed by atoms with E-state index < -0.39 is 23.9 Å². The normalized spacial score (nSPS) is 21.9. The molecule has 2 unspecified atom stereocenters. The van der Waals surface area contributed by atoms with Gasteiger partial charge >= 0.3 is 12.1 Å². The molecule has 1 saturated carbocycles. The summed E-state index contributed by atoms with van der Waals surface area (Å²) in [6.45, 7) is 0.696. The number of benzene rings is 1. The van der Waals surface area contributed by atoms with Crippen LogP contribution in [0.2, 0.25) is 0 Å². The molecule has 9 heteroatoms. The number of likely N-dealkylation sites (tertiary alicyclic amines) is 1. The second-order valence-corrected chi connectivity index (χ2v) is 9.33. The summed E-state index contributed by atoms with van der Waals surface area (Å²) in [4.78, 5) is 27.5. The van der Waals surface area contributed by atoms with E-state index in [1.54, 1.807) is 29.2 Å². The highest BCUT2D eigenvalue weighted by atomic mass is 19.4. The molecule has 2 fully saturated rings. The number of aromatic nitrogens is 2. The Morgan fingerprint density at radius 2 is 1.71 bits per heavy atom. The van der Waals surface area contributed by atoms with Crippen LogP contribution < -0.4 is 0 Å². The standard InChI is InChI=1S/C25H30F3N3O3/c1-34-24(33)21-12-11-20(18-5-3-2-4-6-18)16-31(21)23(32)19-9-7-17(8-10-19)15-30-14-13-22(29-30)25(26,27)28/h7-10,13-14,18,20-21H,2-6,11-12,15-16H2,1H3. The van der Waals surface area contributed by atoms with Crippen LogP contribution in [0.1, 0.15) is 66.6 Å². The Morgan fingerprint density at radius 3 is 2.32 bits per heavy atom. The fraction of sp³-hybridized carbons (Fsp3) is 0.560. The van der Waals surface area contributed by atoms with Crippen LogP contribution in [0.4, 0.5) is 13.2 Å². The van der Waals surface area contributed by atoms with Crippen molar-refractivity contribution in [1.29, 1.82) is 0 Å². The minimum absolute atomic E-state index is 0.156. The largest absolute Gasteiger partial charge is 0.467 e. The van der Waals surface area contributed by atoms with Crippen molar-refractivity contribution in [3.05, 3.63) is 53.3 Å². The van der Waals surface area contributed by atoms with E-state index in [4.69, 9.17) is 4.74 Å². The molecule has 0 bridgehead atoms. The van der Waals surface area contributed by atoms with Crippen molar-refractivity contribution in [3.8, 4) is 0 Å². The van der Waals surface area contributed by atoms with E-state index in [1.165, 1.54) is 50.1 Å². The quantitative estimate of drug-likeness (QED) is 0.574. The first-order valence-electron chi connectivity index (χ1n) is 11.8. The predicted octanol–water partition coefficient (Wildman–Crippen LogP) is 4.92. The molecule has 34 heavy (non-hydrogen) atoms. The number of rotatable bonds is 5. The van der Waals surface area contributed by atoms with Crippen molar-refractivity contribution in [3.63, 3.8) is 0 Å². The minimum atomic E-state index is -4.48. The number of ether oxygens (including phenoxy) is 1. The highest BCUT2D eigenvalue weighted by Gasteiger charge is 2.39. The van der Waals surface area contributed by atoms with Gasteiger partial charge in [-0.15, -0.1) is 0 Å². The van der Waals surface area contributed by atoms with E-state index in [0.717, 1.165) is 18.1 Å². The maximum atomic E-state index is 13.4.